The van der Waals surface area contributed by atoms with Gasteiger partial charge >= 0.3 is 6.09 Å². The number of rotatable bonds is 7. The number of carbonyl (C=O) groups is 2. The van der Waals surface area contributed by atoms with Gasteiger partial charge in [-0.15, -0.1) is 0 Å². The maximum Gasteiger partial charge on any atom is 0.408 e. The summed E-state index contributed by atoms with van der Waals surface area (Å²) in [5.74, 6) is 1.25. The highest BCUT2D eigenvalue weighted by atomic mass is 16.6. The van der Waals surface area contributed by atoms with Crippen molar-refractivity contribution in [3.8, 4) is 17.0 Å². The molecule has 0 saturated carbocycles. The minimum Gasteiger partial charge on any atom is -0.488 e. The monoisotopic (exact) mass is 608 g/mol. The first-order valence-corrected chi connectivity index (χ1v) is 15.5. The maximum atomic E-state index is 14.6. The molecule has 0 fully saturated rings. The van der Waals surface area contributed by atoms with E-state index in [-0.39, 0.29) is 24.0 Å². The largest absolute Gasteiger partial charge is 0.488 e. The lowest BCUT2D eigenvalue weighted by molar-refractivity contribution is -0.137. The Kier molecular flexibility index (Phi) is 9.05. The first-order chi connectivity index (χ1) is 21.3. The molecule has 2 amide bonds. The van der Waals surface area contributed by atoms with E-state index in [4.69, 9.17) is 14.5 Å². The van der Waals surface area contributed by atoms with E-state index in [1.54, 1.807) is 20.8 Å². The zero-order chi connectivity index (χ0) is 32.4. The summed E-state index contributed by atoms with van der Waals surface area (Å²) in [4.78, 5) is 38.0. The number of H-pyrrole nitrogens is 1. The van der Waals surface area contributed by atoms with Crippen LogP contribution >= 0.6 is 0 Å². The first kappa shape index (κ1) is 31.8. The van der Waals surface area contributed by atoms with Crippen molar-refractivity contribution in [2.75, 3.05) is 0 Å². The summed E-state index contributed by atoms with van der Waals surface area (Å²) in [6, 6.07) is 24.6. The standard InChI is InChI=1S/C37H44N4O4/c1-24-32(26-13-9-8-10-14-26)40-33(38-24)31-22-27-15-11-12-16-28(27)23-41(31)34(42)30(39-35(43)45-37(5,6)7)21-25-17-19-29(20-18-25)44-36(2,3)4/h8-20,30-31H,21-23H2,1-7H3,(H,38,40)(H,39,43)/t30-,31+/m0/s1. The zero-order valence-corrected chi connectivity index (χ0v) is 27.3. The number of hydrogen-bond donors (Lipinski definition) is 2. The van der Waals surface area contributed by atoms with Gasteiger partial charge in [0.05, 0.1) is 11.7 Å². The van der Waals surface area contributed by atoms with E-state index < -0.39 is 17.7 Å². The third kappa shape index (κ3) is 8.12. The fraction of sp³-hybridized carbons (Fsp3) is 0.378. The lowest BCUT2D eigenvalue weighted by Crippen LogP contribution is -2.52. The predicted molar refractivity (Wildman–Crippen MR) is 176 cm³/mol. The minimum atomic E-state index is -0.869. The van der Waals surface area contributed by atoms with Crippen LogP contribution in [0.5, 0.6) is 5.75 Å². The van der Waals surface area contributed by atoms with E-state index in [2.05, 4.69) is 22.4 Å². The van der Waals surface area contributed by atoms with Crippen LogP contribution in [0.15, 0.2) is 78.9 Å². The summed E-state index contributed by atoms with van der Waals surface area (Å²) >= 11 is 0. The average molecular weight is 609 g/mol. The number of nitrogens with zero attached hydrogens (tertiary/aromatic N) is 2. The van der Waals surface area contributed by atoms with Crippen LogP contribution < -0.4 is 10.1 Å². The second kappa shape index (κ2) is 12.8. The Bertz CT molecular complexity index is 1630. The molecule has 1 aliphatic rings. The number of amides is 2. The number of aromatic amines is 1. The molecular weight excluding hydrogens is 564 g/mol. The van der Waals surface area contributed by atoms with E-state index in [9.17, 15) is 9.59 Å². The van der Waals surface area contributed by atoms with Crippen LogP contribution in [-0.4, -0.2) is 44.1 Å². The Morgan fingerprint density at radius 3 is 2.20 bits per heavy atom. The lowest BCUT2D eigenvalue weighted by atomic mass is 9.92. The molecule has 0 saturated heterocycles. The summed E-state index contributed by atoms with van der Waals surface area (Å²) in [7, 11) is 0. The molecule has 3 aromatic carbocycles. The van der Waals surface area contributed by atoms with E-state index in [1.165, 1.54) is 5.56 Å². The third-order valence-corrected chi connectivity index (χ3v) is 7.57. The van der Waals surface area contributed by atoms with Crippen LogP contribution in [0.3, 0.4) is 0 Å². The molecule has 8 heteroatoms. The molecule has 0 radical (unpaired) electrons. The molecular formula is C37H44N4O4. The second-order valence-electron chi connectivity index (χ2n) is 13.7. The number of alkyl carbamates (subject to hydrolysis) is 1. The van der Waals surface area contributed by atoms with Gasteiger partial charge in [0.2, 0.25) is 5.91 Å². The van der Waals surface area contributed by atoms with Gasteiger partial charge in [0.1, 0.15) is 28.8 Å². The highest BCUT2D eigenvalue weighted by Crippen LogP contribution is 2.35. The van der Waals surface area contributed by atoms with Gasteiger partial charge in [0, 0.05) is 30.6 Å². The Morgan fingerprint density at radius 2 is 1.56 bits per heavy atom. The van der Waals surface area contributed by atoms with E-state index in [0.29, 0.717) is 18.8 Å². The van der Waals surface area contributed by atoms with Crippen molar-refractivity contribution < 1.29 is 19.1 Å². The number of imidazole rings is 1. The van der Waals surface area contributed by atoms with Crippen LogP contribution in [0.25, 0.3) is 11.3 Å². The molecule has 45 heavy (non-hydrogen) atoms. The molecule has 1 aliphatic heterocycles. The van der Waals surface area contributed by atoms with Crippen molar-refractivity contribution >= 4 is 12.0 Å². The molecule has 0 bridgehead atoms. The molecule has 0 aliphatic carbocycles. The van der Waals surface area contributed by atoms with E-state index in [1.807, 2.05) is 99.3 Å². The molecule has 5 rings (SSSR count). The average Bonchev–Trinajstić information content (AvgIpc) is 3.36. The molecule has 236 valence electrons. The van der Waals surface area contributed by atoms with Crippen LogP contribution in [0.2, 0.25) is 0 Å². The van der Waals surface area contributed by atoms with E-state index >= 15 is 0 Å². The highest BCUT2D eigenvalue weighted by Gasteiger charge is 2.37. The third-order valence-electron chi connectivity index (χ3n) is 7.57. The number of carbonyl (C=O) groups excluding carboxylic acids is 2. The number of fused-ring (bicyclic) bond motifs is 1. The highest BCUT2D eigenvalue weighted by molar-refractivity contribution is 5.86. The quantitative estimate of drug-likeness (QED) is 0.229. The summed E-state index contributed by atoms with van der Waals surface area (Å²) in [5, 5.41) is 2.90. The number of nitrogens with one attached hydrogen (secondary N) is 2. The number of ether oxygens (including phenoxy) is 2. The van der Waals surface area contributed by atoms with Crippen molar-refractivity contribution in [3.63, 3.8) is 0 Å². The van der Waals surface area contributed by atoms with Gasteiger partial charge in [0.25, 0.3) is 0 Å². The first-order valence-electron chi connectivity index (χ1n) is 15.5. The topological polar surface area (TPSA) is 96.6 Å². The summed E-state index contributed by atoms with van der Waals surface area (Å²) in [6.45, 7) is 13.8. The smallest absolute Gasteiger partial charge is 0.408 e. The van der Waals surface area contributed by atoms with Gasteiger partial charge < -0.3 is 24.7 Å². The van der Waals surface area contributed by atoms with Crippen molar-refractivity contribution in [1.29, 1.82) is 0 Å². The number of benzene rings is 3. The Morgan fingerprint density at radius 1 is 0.911 bits per heavy atom. The van der Waals surface area contributed by atoms with Crippen molar-refractivity contribution in [1.82, 2.24) is 20.2 Å². The van der Waals surface area contributed by atoms with Gasteiger partial charge in [0.15, 0.2) is 0 Å². The Labute approximate surface area is 266 Å². The van der Waals surface area contributed by atoms with Crippen molar-refractivity contribution in [3.05, 3.63) is 107 Å². The van der Waals surface area contributed by atoms with Gasteiger partial charge in [-0.05, 0) is 77.3 Å². The van der Waals surface area contributed by atoms with E-state index in [0.717, 1.165) is 33.8 Å². The van der Waals surface area contributed by atoms with Gasteiger partial charge in [-0.2, -0.15) is 0 Å². The maximum absolute atomic E-state index is 14.6. The number of aryl methyl sites for hydroxylation is 1. The SMILES string of the molecule is Cc1[nH]c([C@H]2Cc3ccccc3CN2C(=O)[C@H](Cc2ccc(OC(C)(C)C)cc2)NC(=O)OC(C)(C)C)nc1-c1ccccc1. The molecule has 2 N–H and O–H groups in total. The normalized spacial score (nSPS) is 15.6. The molecule has 4 aromatic rings. The molecule has 2 atom stereocenters. The van der Waals surface area contributed by atoms with Gasteiger partial charge in [-0.3, -0.25) is 4.79 Å². The van der Waals surface area contributed by atoms with Crippen molar-refractivity contribution in [2.24, 2.45) is 0 Å². The van der Waals surface area contributed by atoms with Gasteiger partial charge in [-0.1, -0.05) is 66.7 Å². The number of hydrogen-bond acceptors (Lipinski definition) is 5. The molecule has 0 spiro atoms. The number of aromatic nitrogens is 2. The van der Waals surface area contributed by atoms with Crippen LogP contribution in [0.4, 0.5) is 4.79 Å². The van der Waals surface area contributed by atoms with Crippen LogP contribution in [-0.2, 0) is 28.9 Å². The summed E-state index contributed by atoms with van der Waals surface area (Å²) < 4.78 is 11.6. The fourth-order valence-corrected chi connectivity index (χ4v) is 5.65. The minimum absolute atomic E-state index is 0.203. The molecule has 2 heterocycles. The zero-order valence-electron chi connectivity index (χ0n) is 27.3. The van der Waals surface area contributed by atoms with Crippen LogP contribution in [0.1, 0.15) is 75.8 Å². The van der Waals surface area contributed by atoms with Crippen LogP contribution in [0, 0.1) is 6.92 Å². The lowest BCUT2D eigenvalue weighted by Gasteiger charge is -2.38. The molecule has 1 aromatic heterocycles. The molecule has 0 unspecified atom stereocenters. The summed E-state index contributed by atoms with van der Waals surface area (Å²) in [6.07, 6.45) is 0.245. The second-order valence-corrected chi connectivity index (χ2v) is 13.7. The Balaban J connectivity index is 1.49. The molecule has 8 nitrogen and oxygen atoms in total. The predicted octanol–water partition coefficient (Wildman–Crippen LogP) is 7.32. The summed E-state index contributed by atoms with van der Waals surface area (Å²) in [5.41, 5.74) is 4.90. The van der Waals surface area contributed by atoms with Crippen molar-refractivity contribution in [2.45, 2.75) is 91.1 Å². The Hall–Kier alpha value is -4.59. The van der Waals surface area contributed by atoms with Gasteiger partial charge in [-0.25, -0.2) is 9.78 Å². The fourth-order valence-electron chi connectivity index (χ4n) is 5.65.